The van der Waals surface area contributed by atoms with E-state index >= 15 is 0 Å². The number of phenolic OH excluding ortho intramolecular Hbond substituents is 1. The van der Waals surface area contributed by atoms with Gasteiger partial charge >= 0.3 is 6.18 Å². The first-order valence-electron chi connectivity index (χ1n) is 5.21. The lowest BCUT2D eigenvalue weighted by Crippen LogP contribution is -2.39. The Bertz CT molecular complexity index is 463. The molecule has 0 spiro atoms. The second kappa shape index (κ2) is 5.89. The molecule has 0 aliphatic heterocycles. The zero-order chi connectivity index (χ0) is 14.6. The number of hydrogen-bond donors (Lipinski definition) is 3. The predicted octanol–water partition coefficient (Wildman–Crippen LogP) is 1.32. The number of ether oxygens (including phenoxy) is 1. The number of halogens is 3. The van der Waals surface area contributed by atoms with Crippen molar-refractivity contribution < 1.29 is 27.8 Å². The number of carbonyl (C=O) groups excluding carboxylic acids is 1. The number of amides is 1. The van der Waals surface area contributed by atoms with Gasteiger partial charge in [0.15, 0.2) is 0 Å². The maximum atomic E-state index is 12.5. The molecule has 106 valence electrons. The van der Waals surface area contributed by atoms with Gasteiger partial charge in [-0.05, 0) is 18.2 Å². The van der Waals surface area contributed by atoms with Crippen molar-refractivity contribution in [3.8, 4) is 5.75 Å². The SMILES string of the molecule is COCC(N)C(=O)Nc1ccc(O)c(C(F)(F)F)c1. The fourth-order valence-corrected chi connectivity index (χ4v) is 1.33. The number of rotatable bonds is 4. The van der Waals surface area contributed by atoms with Gasteiger partial charge < -0.3 is 20.9 Å². The van der Waals surface area contributed by atoms with Gasteiger partial charge in [0.1, 0.15) is 11.8 Å². The lowest BCUT2D eigenvalue weighted by molar-refractivity contribution is -0.138. The molecule has 1 unspecified atom stereocenters. The Labute approximate surface area is 107 Å². The minimum Gasteiger partial charge on any atom is -0.507 e. The van der Waals surface area contributed by atoms with Crippen LogP contribution in [0.5, 0.6) is 5.75 Å². The van der Waals surface area contributed by atoms with Crippen molar-refractivity contribution in [3.63, 3.8) is 0 Å². The monoisotopic (exact) mass is 278 g/mol. The second-order valence-electron chi connectivity index (χ2n) is 3.78. The molecule has 0 aromatic heterocycles. The zero-order valence-electron chi connectivity index (χ0n) is 9.99. The molecule has 0 saturated carbocycles. The number of nitrogens with two attached hydrogens (primary N) is 1. The normalized spacial score (nSPS) is 13.1. The Morgan fingerprint density at radius 3 is 2.68 bits per heavy atom. The molecular weight excluding hydrogens is 265 g/mol. The van der Waals surface area contributed by atoms with Gasteiger partial charge in [-0.3, -0.25) is 4.79 Å². The third kappa shape index (κ3) is 4.11. The van der Waals surface area contributed by atoms with E-state index in [0.29, 0.717) is 6.07 Å². The highest BCUT2D eigenvalue weighted by Gasteiger charge is 2.34. The van der Waals surface area contributed by atoms with Crippen LogP contribution in [0.1, 0.15) is 5.56 Å². The van der Waals surface area contributed by atoms with Crippen LogP contribution >= 0.6 is 0 Å². The lowest BCUT2D eigenvalue weighted by atomic mass is 10.1. The molecule has 4 N–H and O–H groups in total. The van der Waals surface area contributed by atoms with Crippen LogP contribution < -0.4 is 11.1 Å². The molecule has 19 heavy (non-hydrogen) atoms. The molecule has 1 amide bonds. The van der Waals surface area contributed by atoms with Crippen molar-refractivity contribution in [1.29, 1.82) is 0 Å². The number of alkyl halides is 3. The Balaban J connectivity index is 2.89. The van der Waals surface area contributed by atoms with E-state index < -0.39 is 29.4 Å². The van der Waals surface area contributed by atoms with Gasteiger partial charge in [-0.15, -0.1) is 0 Å². The largest absolute Gasteiger partial charge is 0.507 e. The van der Waals surface area contributed by atoms with Gasteiger partial charge in [0.2, 0.25) is 5.91 Å². The molecule has 1 atom stereocenters. The number of hydrogen-bond acceptors (Lipinski definition) is 4. The Morgan fingerprint density at radius 1 is 1.53 bits per heavy atom. The van der Waals surface area contributed by atoms with E-state index in [0.717, 1.165) is 12.1 Å². The van der Waals surface area contributed by atoms with Crippen molar-refractivity contribution in [2.75, 3.05) is 19.0 Å². The van der Waals surface area contributed by atoms with E-state index in [1.165, 1.54) is 7.11 Å². The van der Waals surface area contributed by atoms with Crippen LogP contribution in [0.25, 0.3) is 0 Å². The number of carbonyl (C=O) groups is 1. The number of phenols is 1. The minimum absolute atomic E-state index is 0.0595. The summed E-state index contributed by atoms with van der Waals surface area (Å²) in [7, 11) is 1.34. The van der Waals surface area contributed by atoms with Crippen molar-refractivity contribution in [1.82, 2.24) is 0 Å². The molecule has 1 aromatic carbocycles. The molecule has 0 bridgehead atoms. The van der Waals surface area contributed by atoms with Gasteiger partial charge in [-0.2, -0.15) is 13.2 Å². The van der Waals surface area contributed by atoms with Crippen molar-refractivity contribution in [3.05, 3.63) is 23.8 Å². The summed E-state index contributed by atoms with van der Waals surface area (Å²) in [5.41, 5.74) is 4.08. The molecule has 0 aliphatic rings. The van der Waals surface area contributed by atoms with Gasteiger partial charge in [-0.1, -0.05) is 0 Å². The topological polar surface area (TPSA) is 84.6 Å². The first kappa shape index (κ1) is 15.3. The van der Waals surface area contributed by atoms with Gasteiger partial charge in [0.25, 0.3) is 0 Å². The number of methoxy groups -OCH3 is 1. The van der Waals surface area contributed by atoms with Gasteiger partial charge in [-0.25, -0.2) is 0 Å². The van der Waals surface area contributed by atoms with Crippen LogP contribution in [-0.4, -0.2) is 30.8 Å². The molecule has 1 rings (SSSR count). The number of nitrogens with one attached hydrogen (secondary N) is 1. The summed E-state index contributed by atoms with van der Waals surface area (Å²) >= 11 is 0. The maximum absolute atomic E-state index is 12.5. The molecule has 5 nitrogen and oxygen atoms in total. The zero-order valence-corrected chi connectivity index (χ0v) is 9.99. The number of aromatic hydroxyl groups is 1. The quantitative estimate of drug-likeness (QED) is 0.725. The number of anilines is 1. The summed E-state index contributed by atoms with van der Waals surface area (Å²) in [6, 6.07) is 1.63. The fraction of sp³-hybridized carbons (Fsp3) is 0.364. The third-order valence-electron chi connectivity index (χ3n) is 2.25. The highest BCUT2D eigenvalue weighted by molar-refractivity contribution is 5.94. The van der Waals surface area contributed by atoms with E-state index in [1.54, 1.807) is 0 Å². The summed E-state index contributed by atoms with van der Waals surface area (Å²) < 4.78 is 42.2. The summed E-state index contributed by atoms with van der Waals surface area (Å²) in [6.07, 6.45) is -4.71. The van der Waals surface area contributed by atoms with E-state index in [4.69, 9.17) is 10.8 Å². The Hall–Kier alpha value is -1.80. The Morgan fingerprint density at radius 2 is 2.16 bits per heavy atom. The highest BCUT2D eigenvalue weighted by atomic mass is 19.4. The van der Waals surface area contributed by atoms with Crippen molar-refractivity contribution >= 4 is 11.6 Å². The first-order chi connectivity index (χ1) is 8.75. The molecule has 0 saturated heterocycles. The third-order valence-corrected chi connectivity index (χ3v) is 2.25. The summed E-state index contributed by atoms with van der Waals surface area (Å²) in [6.45, 7) is -0.0595. The minimum atomic E-state index is -4.71. The van der Waals surface area contributed by atoms with Gasteiger partial charge in [0.05, 0.1) is 12.2 Å². The second-order valence-corrected chi connectivity index (χ2v) is 3.78. The molecule has 0 radical (unpaired) electrons. The van der Waals surface area contributed by atoms with E-state index in [-0.39, 0.29) is 12.3 Å². The van der Waals surface area contributed by atoms with E-state index in [1.807, 2.05) is 0 Å². The van der Waals surface area contributed by atoms with E-state index in [2.05, 4.69) is 10.1 Å². The lowest BCUT2D eigenvalue weighted by Gasteiger charge is -2.14. The molecule has 0 aliphatic carbocycles. The van der Waals surface area contributed by atoms with Crippen molar-refractivity contribution in [2.24, 2.45) is 5.73 Å². The van der Waals surface area contributed by atoms with Crippen LogP contribution in [0, 0.1) is 0 Å². The van der Waals surface area contributed by atoms with Crippen molar-refractivity contribution in [2.45, 2.75) is 12.2 Å². The highest BCUT2D eigenvalue weighted by Crippen LogP contribution is 2.37. The number of benzene rings is 1. The molecular formula is C11H13F3N2O3. The average molecular weight is 278 g/mol. The average Bonchev–Trinajstić information content (AvgIpc) is 2.30. The van der Waals surface area contributed by atoms with Gasteiger partial charge in [0, 0.05) is 12.8 Å². The molecule has 0 heterocycles. The van der Waals surface area contributed by atoms with Crippen LogP contribution in [0.3, 0.4) is 0 Å². The molecule has 0 fully saturated rings. The standard InChI is InChI=1S/C11H13F3N2O3/c1-19-5-8(15)10(18)16-6-2-3-9(17)7(4-6)11(12,13)14/h2-4,8,17H,5,15H2,1H3,(H,16,18). The maximum Gasteiger partial charge on any atom is 0.420 e. The fourth-order valence-electron chi connectivity index (χ4n) is 1.33. The molecule has 1 aromatic rings. The van der Waals surface area contributed by atoms with Crippen LogP contribution in [0.4, 0.5) is 18.9 Å². The summed E-state index contributed by atoms with van der Waals surface area (Å²) in [5.74, 6) is -1.59. The van der Waals surface area contributed by atoms with Crippen LogP contribution in [0.2, 0.25) is 0 Å². The van der Waals surface area contributed by atoms with Crippen LogP contribution in [-0.2, 0) is 15.7 Å². The molecule has 8 heteroatoms. The van der Waals surface area contributed by atoms with Crippen LogP contribution in [0.15, 0.2) is 18.2 Å². The Kier molecular flexibility index (Phi) is 4.73. The summed E-state index contributed by atoms with van der Waals surface area (Å²) in [5, 5.41) is 11.3. The first-order valence-corrected chi connectivity index (χ1v) is 5.21. The predicted molar refractivity (Wildman–Crippen MR) is 61.6 cm³/mol. The smallest absolute Gasteiger partial charge is 0.420 e. The summed E-state index contributed by atoms with van der Waals surface area (Å²) in [4.78, 5) is 11.5. The van der Waals surface area contributed by atoms with E-state index in [9.17, 15) is 18.0 Å².